The minimum atomic E-state index is -0.916. The molecule has 3 N–H and O–H groups in total. The van der Waals surface area contributed by atoms with Crippen LogP contribution in [0.3, 0.4) is 0 Å². The van der Waals surface area contributed by atoms with E-state index in [0.717, 1.165) is 36.0 Å². The van der Waals surface area contributed by atoms with Gasteiger partial charge in [0, 0.05) is 24.2 Å². The number of benzene rings is 1. The molecule has 0 aliphatic carbocycles. The molecular formula is C22H28ClN2O4-. The van der Waals surface area contributed by atoms with E-state index < -0.39 is 12.2 Å². The highest BCUT2D eigenvalue weighted by atomic mass is 35.5. The Labute approximate surface area is 177 Å². The molecule has 5 unspecified atom stereocenters. The molecule has 0 saturated carbocycles. The number of hydrogen-bond donors (Lipinski definition) is 3. The number of halogens is 1. The predicted molar refractivity (Wildman–Crippen MR) is 107 cm³/mol. The number of allylic oxidation sites excluding steroid dienone is 1. The second-order valence-corrected chi connectivity index (χ2v) is 7.79. The fourth-order valence-corrected chi connectivity index (χ4v) is 4.54. The minimum absolute atomic E-state index is 0. The average molecular weight is 420 g/mol. The number of rotatable bonds is 6. The lowest BCUT2D eigenvalue weighted by Gasteiger charge is -2.48. The molecule has 3 aliphatic rings. The van der Waals surface area contributed by atoms with Gasteiger partial charge in [-0.25, -0.2) is 0 Å². The number of fused-ring (bicyclic) bond motifs is 4. The lowest BCUT2D eigenvalue weighted by molar-refractivity contribution is -0.00342. The van der Waals surface area contributed by atoms with Gasteiger partial charge in [-0.3, -0.25) is 9.88 Å². The van der Waals surface area contributed by atoms with Crippen LogP contribution in [0.15, 0.2) is 42.1 Å². The molecule has 3 aliphatic heterocycles. The maximum atomic E-state index is 11.3. The molecule has 6 nitrogen and oxygen atoms in total. The Balaban J connectivity index is 0.00000240. The fraction of sp³-hybridized carbons (Fsp3) is 0.500. The second-order valence-electron chi connectivity index (χ2n) is 7.79. The van der Waals surface area contributed by atoms with Crippen molar-refractivity contribution in [1.82, 2.24) is 9.88 Å². The normalized spacial score (nSPS) is 26.9. The molecule has 3 fully saturated rings. The Morgan fingerprint density at radius 1 is 1.31 bits per heavy atom. The number of piperidine rings is 3. The summed E-state index contributed by atoms with van der Waals surface area (Å²) in [5, 5.41) is 30.6. The number of pyridine rings is 1. The highest BCUT2D eigenvalue weighted by Crippen LogP contribution is 2.41. The Bertz CT molecular complexity index is 875. The first-order chi connectivity index (χ1) is 13.6. The van der Waals surface area contributed by atoms with Crippen molar-refractivity contribution in [2.45, 2.75) is 38.0 Å². The number of aliphatic hydroxyl groups excluding tert-OH is 3. The number of aromatic nitrogens is 1. The van der Waals surface area contributed by atoms with E-state index in [4.69, 9.17) is 9.84 Å². The maximum Gasteiger partial charge on any atom is 0.120 e. The first kappa shape index (κ1) is 22.0. The van der Waals surface area contributed by atoms with Crippen LogP contribution in [0.1, 0.15) is 31.4 Å². The molecule has 2 aromatic rings. The van der Waals surface area contributed by atoms with Gasteiger partial charge in [-0.2, -0.15) is 0 Å². The molecule has 5 atom stereocenters. The van der Waals surface area contributed by atoms with Gasteiger partial charge in [0.1, 0.15) is 18.5 Å². The molecule has 7 heteroatoms. The van der Waals surface area contributed by atoms with Crippen molar-refractivity contribution in [3.05, 3.63) is 47.7 Å². The lowest BCUT2D eigenvalue weighted by Crippen LogP contribution is -3.00. The van der Waals surface area contributed by atoms with Gasteiger partial charge in [0.25, 0.3) is 0 Å². The van der Waals surface area contributed by atoms with Crippen LogP contribution in [0.5, 0.6) is 5.75 Å². The number of nitrogens with zero attached hydrogens (tertiary/aromatic N) is 2. The zero-order valence-corrected chi connectivity index (χ0v) is 17.3. The van der Waals surface area contributed by atoms with Gasteiger partial charge < -0.3 is 32.5 Å². The number of ether oxygens (including phenoxy) is 1. The standard InChI is InChI=1S/C22H28N2O4.ClH/c1-2-14-11-24-8-6-15(14)9-21(24)22(27)18-5-7-23-20-4-3-17(10-19(18)20)28-13-16(26)12-25;/h2-5,7,10,15-16,21-22,25-27H,6,8-9,11-13H2,1H3;1H/p-1/b14-2+;. The summed E-state index contributed by atoms with van der Waals surface area (Å²) in [7, 11) is 0. The third-order valence-electron chi connectivity index (χ3n) is 6.12. The zero-order chi connectivity index (χ0) is 19.7. The van der Waals surface area contributed by atoms with Gasteiger partial charge in [-0.15, -0.1) is 0 Å². The summed E-state index contributed by atoms with van der Waals surface area (Å²) in [6.07, 6.45) is 4.61. The summed E-state index contributed by atoms with van der Waals surface area (Å²) in [5.41, 5.74) is 3.15. The molecule has 4 heterocycles. The van der Waals surface area contributed by atoms with Crippen molar-refractivity contribution in [1.29, 1.82) is 0 Å². The van der Waals surface area contributed by atoms with Gasteiger partial charge >= 0.3 is 0 Å². The molecule has 158 valence electrons. The predicted octanol–water partition coefficient (Wildman–Crippen LogP) is -0.955. The van der Waals surface area contributed by atoms with E-state index in [9.17, 15) is 10.2 Å². The first-order valence-corrected chi connectivity index (χ1v) is 9.98. The Morgan fingerprint density at radius 3 is 2.83 bits per heavy atom. The van der Waals surface area contributed by atoms with Crippen LogP contribution in [-0.4, -0.2) is 63.7 Å². The lowest BCUT2D eigenvalue weighted by atomic mass is 9.76. The van der Waals surface area contributed by atoms with Crippen LogP contribution >= 0.6 is 0 Å². The summed E-state index contributed by atoms with van der Waals surface area (Å²) in [4.78, 5) is 6.81. The van der Waals surface area contributed by atoms with Crippen molar-refractivity contribution in [2.24, 2.45) is 5.92 Å². The van der Waals surface area contributed by atoms with Gasteiger partial charge in [-0.1, -0.05) is 11.6 Å². The van der Waals surface area contributed by atoms with Gasteiger partial charge in [0.15, 0.2) is 0 Å². The summed E-state index contributed by atoms with van der Waals surface area (Å²) in [6, 6.07) is 7.50. The van der Waals surface area contributed by atoms with Crippen LogP contribution in [0.25, 0.3) is 10.9 Å². The molecule has 29 heavy (non-hydrogen) atoms. The minimum Gasteiger partial charge on any atom is -1.00 e. The van der Waals surface area contributed by atoms with Crippen LogP contribution in [0.2, 0.25) is 0 Å². The fourth-order valence-electron chi connectivity index (χ4n) is 4.54. The molecule has 0 amide bonds. The molecule has 1 aromatic carbocycles. The van der Waals surface area contributed by atoms with Gasteiger partial charge in [-0.05, 0) is 62.1 Å². The highest BCUT2D eigenvalue weighted by Gasteiger charge is 2.40. The molecule has 3 saturated heterocycles. The van der Waals surface area contributed by atoms with Crippen LogP contribution in [0.4, 0.5) is 0 Å². The second kappa shape index (κ2) is 9.41. The molecule has 2 bridgehead atoms. The van der Waals surface area contributed by atoms with Crippen LogP contribution < -0.4 is 17.1 Å². The number of hydrogen-bond acceptors (Lipinski definition) is 6. The summed E-state index contributed by atoms with van der Waals surface area (Å²) in [5.74, 6) is 1.16. The van der Waals surface area contributed by atoms with E-state index in [-0.39, 0.29) is 31.7 Å². The molecule has 0 spiro atoms. The van der Waals surface area contributed by atoms with Crippen LogP contribution in [0, 0.1) is 5.92 Å². The van der Waals surface area contributed by atoms with E-state index in [1.165, 1.54) is 12.0 Å². The van der Waals surface area contributed by atoms with Crippen molar-refractivity contribution in [3.8, 4) is 5.75 Å². The quantitative estimate of drug-likeness (QED) is 0.523. The largest absolute Gasteiger partial charge is 1.00 e. The average Bonchev–Trinajstić information content (AvgIpc) is 2.76. The SMILES string of the molecule is C/C=C1\CN2CCC1CC2C(O)c1ccnc2ccc(OCC(O)CO)cc12.[Cl-]. The highest BCUT2D eigenvalue weighted by molar-refractivity contribution is 5.84. The van der Waals surface area contributed by atoms with Crippen molar-refractivity contribution in [3.63, 3.8) is 0 Å². The van der Waals surface area contributed by atoms with E-state index in [0.29, 0.717) is 11.7 Å². The zero-order valence-electron chi connectivity index (χ0n) is 16.5. The van der Waals surface area contributed by atoms with Crippen molar-refractivity contribution < 1.29 is 32.5 Å². The topological polar surface area (TPSA) is 86.1 Å². The molecular weight excluding hydrogens is 392 g/mol. The Kier molecular flexibility index (Phi) is 7.14. The van der Waals surface area contributed by atoms with E-state index in [1.54, 1.807) is 12.3 Å². The maximum absolute atomic E-state index is 11.3. The van der Waals surface area contributed by atoms with Crippen LogP contribution in [-0.2, 0) is 0 Å². The van der Waals surface area contributed by atoms with Gasteiger partial charge in [0.05, 0.1) is 18.2 Å². The third kappa shape index (κ3) is 4.42. The third-order valence-corrected chi connectivity index (χ3v) is 6.12. The summed E-state index contributed by atoms with van der Waals surface area (Å²) < 4.78 is 5.59. The van der Waals surface area contributed by atoms with Crippen molar-refractivity contribution >= 4 is 10.9 Å². The van der Waals surface area contributed by atoms with Gasteiger partial charge in [0.2, 0.25) is 0 Å². The summed E-state index contributed by atoms with van der Waals surface area (Å²) >= 11 is 0. The molecule has 0 radical (unpaired) electrons. The van der Waals surface area contributed by atoms with Crippen molar-refractivity contribution in [2.75, 3.05) is 26.3 Å². The van der Waals surface area contributed by atoms with E-state index in [1.807, 2.05) is 18.2 Å². The summed E-state index contributed by atoms with van der Waals surface area (Å²) in [6.45, 7) is 3.75. The Hall–Kier alpha value is -1.70. The molecule has 5 rings (SSSR count). The Morgan fingerprint density at radius 2 is 2.14 bits per heavy atom. The van der Waals surface area contributed by atoms with E-state index >= 15 is 0 Å². The smallest absolute Gasteiger partial charge is 0.120 e. The van der Waals surface area contributed by atoms with E-state index in [2.05, 4.69) is 22.9 Å². The monoisotopic (exact) mass is 419 g/mol. The first-order valence-electron chi connectivity index (χ1n) is 9.98. The number of aliphatic hydroxyl groups is 3. The molecule has 1 aromatic heterocycles.